The number of ether oxygens (including phenoxy) is 1. The van der Waals surface area contributed by atoms with E-state index in [0.29, 0.717) is 35.6 Å². The number of ketones is 1. The zero-order valence-corrected chi connectivity index (χ0v) is 29.7. The van der Waals surface area contributed by atoms with E-state index in [1.54, 1.807) is 48.4 Å². The number of nitrogens with one attached hydrogen (secondary N) is 1. The number of Topliss-reactive ketones (excluding diaryl/α,β-unsaturated/α-hetero) is 1. The Morgan fingerprint density at radius 3 is 1.98 bits per heavy atom. The van der Waals surface area contributed by atoms with Crippen molar-refractivity contribution in [3.05, 3.63) is 89.0 Å². The van der Waals surface area contributed by atoms with E-state index >= 15 is 4.79 Å². The third-order valence-electron chi connectivity index (χ3n) is 11.7. The topological polar surface area (TPSA) is 171 Å². The van der Waals surface area contributed by atoms with Gasteiger partial charge < -0.3 is 30.1 Å². The van der Waals surface area contributed by atoms with Crippen LogP contribution in [-0.2, 0) is 20.9 Å². The number of nitrogens with zero attached hydrogens (tertiary/aromatic N) is 2. The van der Waals surface area contributed by atoms with Gasteiger partial charge >= 0.3 is 11.9 Å². The number of aromatic carboxylic acids is 2. The molecule has 4 bridgehead atoms. The van der Waals surface area contributed by atoms with Crippen LogP contribution in [0.3, 0.4) is 0 Å². The third-order valence-corrected chi connectivity index (χ3v) is 11.7. The van der Waals surface area contributed by atoms with Crippen molar-refractivity contribution in [3.8, 4) is 5.75 Å². The Hall–Kier alpha value is -5.52. The van der Waals surface area contributed by atoms with Crippen LogP contribution < -0.4 is 15.0 Å². The lowest BCUT2D eigenvalue weighted by Gasteiger charge is -2.58. The van der Waals surface area contributed by atoms with Crippen molar-refractivity contribution in [1.82, 2.24) is 4.90 Å². The molecule has 0 radical (unpaired) electrons. The van der Waals surface area contributed by atoms with Gasteiger partial charge in [0, 0.05) is 24.6 Å². The lowest BCUT2D eigenvalue weighted by molar-refractivity contribution is -0.148. The lowest BCUT2D eigenvalue weighted by atomic mass is 9.48. The third kappa shape index (κ3) is 7.14. The quantitative estimate of drug-likeness (QED) is 0.238. The molecule has 8 rings (SSSR count). The number of anilines is 2. The summed E-state index contributed by atoms with van der Waals surface area (Å²) in [5.74, 6) is -2.82. The first-order chi connectivity index (χ1) is 25.3. The van der Waals surface area contributed by atoms with Crippen molar-refractivity contribution in [1.29, 1.82) is 0 Å². The highest BCUT2D eigenvalue weighted by molar-refractivity contribution is 6.11. The first-order valence-corrected chi connectivity index (χ1v) is 18.1. The molecule has 12 nitrogen and oxygen atoms in total. The van der Waals surface area contributed by atoms with E-state index in [4.69, 9.17) is 4.74 Å². The van der Waals surface area contributed by atoms with Gasteiger partial charge in [0.15, 0.2) is 5.78 Å². The first kappa shape index (κ1) is 35.9. The molecule has 3 amide bonds. The molecule has 276 valence electrons. The highest BCUT2D eigenvalue weighted by Gasteiger charge is 2.54. The molecule has 4 aliphatic carbocycles. The lowest BCUT2D eigenvalue weighted by Crippen LogP contribution is -2.60. The molecule has 5 aliphatic rings. The van der Waals surface area contributed by atoms with E-state index in [-0.39, 0.29) is 34.3 Å². The minimum atomic E-state index is -1.47. The van der Waals surface area contributed by atoms with Crippen LogP contribution in [0.2, 0.25) is 0 Å². The maximum atomic E-state index is 15.4. The molecule has 4 fully saturated rings. The second kappa shape index (κ2) is 14.1. The fraction of sp³-hybridized carbons (Fsp3) is 0.415. The summed E-state index contributed by atoms with van der Waals surface area (Å²) in [6.45, 7) is 1.38. The van der Waals surface area contributed by atoms with Gasteiger partial charge in [0.25, 0.3) is 0 Å². The average Bonchev–Trinajstić information content (AvgIpc) is 3.14. The summed E-state index contributed by atoms with van der Waals surface area (Å²) in [5, 5.41) is 21.9. The normalized spacial score (nSPS) is 26.3. The van der Waals surface area contributed by atoms with Gasteiger partial charge in [-0.15, -0.1) is 0 Å². The minimum absolute atomic E-state index is 0.0903. The predicted octanol–water partition coefficient (Wildman–Crippen LogP) is 6.04. The molecule has 1 aliphatic heterocycles. The Labute approximate surface area is 307 Å². The molecular formula is C41H43N3O9. The number of carboxylic acid groups (broad SMARTS) is 2. The molecule has 2 atom stereocenters. The van der Waals surface area contributed by atoms with Crippen LogP contribution in [0.5, 0.6) is 5.75 Å². The van der Waals surface area contributed by atoms with Gasteiger partial charge in [0.05, 0.1) is 30.5 Å². The molecule has 53 heavy (non-hydrogen) atoms. The van der Waals surface area contributed by atoms with Crippen LogP contribution >= 0.6 is 0 Å². The van der Waals surface area contributed by atoms with Gasteiger partial charge in [-0.05, 0) is 116 Å². The summed E-state index contributed by atoms with van der Waals surface area (Å²) in [6, 6.07) is 14.6. The van der Waals surface area contributed by atoms with E-state index in [0.717, 1.165) is 62.3 Å². The molecule has 0 spiro atoms. The number of rotatable bonds is 9. The number of methoxy groups -OCH3 is 1. The zero-order chi connectivity index (χ0) is 37.6. The van der Waals surface area contributed by atoms with E-state index in [9.17, 15) is 34.2 Å². The van der Waals surface area contributed by atoms with Crippen molar-refractivity contribution in [3.63, 3.8) is 0 Å². The molecule has 1 heterocycles. The number of fused-ring (bicyclic) bond motifs is 1. The fourth-order valence-electron chi connectivity index (χ4n) is 10.0. The number of para-hydroxylation sites is 1. The van der Waals surface area contributed by atoms with Gasteiger partial charge in [-0.25, -0.2) is 9.59 Å². The second-order valence-corrected chi connectivity index (χ2v) is 15.4. The van der Waals surface area contributed by atoms with E-state index in [1.807, 2.05) is 12.1 Å². The maximum Gasteiger partial charge on any atom is 0.335 e. The van der Waals surface area contributed by atoms with Crippen LogP contribution in [0.25, 0.3) is 0 Å². The fourth-order valence-corrected chi connectivity index (χ4v) is 10.0. The van der Waals surface area contributed by atoms with Crippen molar-refractivity contribution >= 4 is 46.8 Å². The SMILES string of the molecule is COc1ccc(CN2C(=O)[C@@H](CC34CC5CC(CC(C5)C3)C4)N(C(C)=O)[C@H](C(=O)Nc3cc(C(=O)O)cc(C(=O)O)c3)CC(=O)c3ccccc32)cc1. The number of amides is 3. The molecule has 3 aromatic carbocycles. The van der Waals surface area contributed by atoms with Crippen molar-refractivity contribution in [2.75, 3.05) is 17.3 Å². The number of carbonyl (C=O) groups excluding carboxylic acids is 4. The number of carboxylic acids is 2. The van der Waals surface area contributed by atoms with Crippen LogP contribution in [-0.4, -0.2) is 69.7 Å². The van der Waals surface area contributed by atoms with Crippen LogP contribution in [0.15, 0.2) is 66.7 Å². The summed E-state index contributed by atoms with van der Waals surface area (Å²) in [4.78, 5) is 84.7. The molecule has 3 aromatic rings. The zero-order valence-electron chi connectivity index (χ0n) is 29.7. The molecule has 0 saturated heterocycles. The van der Waals surface area contributed by atoms with Crippen molar-refractivity contribution in [2.45, 2.75) is 76.9 Å². The van der Waals surface area contributed by atoms with Gasteiger partial charge in [-0.3, -0.25) is 19.2 Å². The second-order valence-electron chi connectivity index (χ2n) is 15.4. The standard InChI is InChI=1S/C41H43N3O9/c1-23(45)44-34(37(47)42-30-15-28(39(49)50)14-29(16-30)40(51)52)17-36(46)32-5-3-4-6-33(32)43(22-24-7-9-31(53-2)10-8-24)38(48)35(44)21-41-18-25-11-26(19-41)13-27(12-25)20-41/h3-10,14-16,25-27,34-35H,11-13,17-22H2,1-2H3,(H,42,47)(H,49,50)(H,51,52)/t25?,26?,27?,34-,35+,41?/m0/s1. The summed E-state index contributed by atoms with van der Waals surface area (Å²) in [5.41, 5.74) is 0.267. The summed E-state index contributed by atoms with van der Waals surface area (Å²) in [6.07, 6.45) is 6.15. The summed E-state index contributed by atoms with van der Waals surface area (Å²) in [7, 11) is 1.56. The summed E-state index contributed by atoms with van der Waals surface area (Å²) >= 11 is 0. The predicted molar refractivity (Wildman–Crippen MR) is 194 cm³/mol. The van der Waals surface area contributed by atoms with Crippen LogP contribution in [0.1, 0.15) is 94.9 Å². The number of carbonyl (C=O) groups is 6. The summed E-state index contributed by atoms with van der Waals surface area (Å²) < 4.78 is 5.34. The van der Waals surface area contributed by atoms with Crippen molar-refractivity contribution < 1.29 is 43.7 Å². The minimum Gasteiger partial charge on any atom is -0.497 e. The first-order valence-electron chi connectivity index (χ1n) is 18.1. The molecule has 3 N–H and O–H groups in total. The average molecular weight is 722 g/mol. The Morgan fingerprint density at radius 1 is 0.849 bits per heavy atom. The Morgan fingerprint density at radius 2 is 1.43 bits per heavy atom. The monoisotopic (exact) mass is 721 g/mol. The molecular weight excluding hydrogens is 678 g/mol. The largest absolute Gasteiger partial charge is 0.497 e. The molecule has 0 aromatic heterocycles. The van der Waals surface area contributed by atoms with E-state index < -0.39 is 53.9 Å². The maximum absolute atomic E-state index is 15.4. The van der Waals surface area contributed by atoms with Crippen molar-refractivity contribution in [2.24, 2.45) is 23.2 Å². The Bertz CT molecular complexity index is 1920. The highest BCUT2D eigenvalue weighted by atomic mass is 16.5. The van der Waals surface area contributed by atoms with Gasteiger partial charge in [-0.2, -0.15) is 0 Å². The molecule has 0 unspecified atom stereocenters. The van der Waals surface area contributed by atoms with Crippen LogP contribution in [0, 0.1) is 23.2 Å². The highest BCUT2D eigenvalue weighted by Crippen LogP contribution is 2.62. The molecule has 4 saturated carbocycles. The number of hydrogen-bond donors (Lipinski definition) is 3. The number of benzene rings is 3. The Kier molecular flexibility index (Phi) is 9.56. The van der Waals surface area contributed by atoms with Gasteiger partial charge in [-0.1, -0.05) is 24.3 Å². The van der Waals surface area contributed by atoms with Gasteiger partial charge in [0.2, 0.25) is 17.7 Å². The number of hydrogen-bond acceptors (Lipinski definition) is 7. The van der Waals surface area contributed by atoms with E-state index in [1.165, 1.54) is 11.8 Å². The molecule has 12 heteroatoms. The Balaban J connectivity index is 1.34. The van der Waals surface area contributed by atoms with E-state index in [2.05, 4.69) is 5.32 Å². The smallest absolute Gasteiger partial charge is 0.335 e. The van der Waals surface area contributed by atoms with Gasteiger partial charge in [0.1, 0.15) is 17.8 Å². The van der Waals surface area contributed by atoms with Crippen LogP contribution in [0.4, 0.5) is 11.4 Å².